The zero-order chi connectivity index (χ0) is 23.4. The molecule has 5 rings (SSSR count). The van der Waals surface area contributed by atoms with Crippen LogP contribution in [-0.4, -0.2) is 40.5 Å². The van der Waals surface area contributed by atoms with E-state index < -0.39 is 5.54 Å². The van der Waals surface area contributed by atoms with Crippen molar-refractivity contribution in [1.82, 2.24) is 20.5 Å². The highest BCUT2D eigenvalue weighted by molar-refractivity contribution is 7.09. The third-order valence-corrected chi connectivity index (χ3v) is 7.95. The fourth-order valence-electron chi connectivity index (χ4n) is 5.29. The molecule has 7 heteroatoms. The Balaban J connectivity index is 1.20. The van der Waals surface area contributed by atoms with Gasteiger partial charge in [-0.15, -0.1) is 11.3 Å². The number of nitrogens with zero attached hydrogens (tertiary/aromatic N) is 2. The monoisotopic (exact) mass is 474 g/mol. The number of carbonyl (C=O) groups is 2. The average molecular weight is 475 g/mol. The van der Waals surface area contributed by atoms with Gasteiger partial charge in [0.25, 0.3) is 5.91 Å². The number of thiazole rings is 1. The Morgan fingerprint density at radius 1 is 1.00 bits per heavy atom. The lowest BCUT2D eigenvalue weighted by Gasteiger charge is -2.40. The van der Waals surface area contributed by atoms with Crippen molar-refractivity contribution in [2.24, 2.45) is 5.92 Å². The fraction of sp³-hybridized carbons (Fsp3) is 0.370. The molecular formula is C27H30N4O2S. The van der Waals surface area contributed by atoms with Crippen LogP contribution in [-0.2, 0) is 17.8 Å². The zero-order valence-corrected chi connectivity index (χ0v) is 20.0. The van der Waals surface area contributed by atoms with E-state index in [0.717, 1.165) is 61.6 Å². The van der Waals surface area contributed by atoms with E-state index in [9.17, 15) is 9.59 Å². The van der Waals surface area contributed by atoms with E-state index >= 15 is 0 Å². The molecule has 0 bridgehead atoms. The number of nitrogens with one attached hydrogen (secondary N) is 2. The third kappa shape index (κ3) is 4.91. The van der Waals surface area contributed by atoms with Gasteiger partial charge in [-0.1, -0.05) is 60.7 Å². The molecule has 2 fully saturated rings. The first kappa shape index (κ1) is 22.7. The van der Waals surface area contributed by atoms with Crippen LogP contribution in [0.5, 0.6) is 0 Å². The molecule has 1 atom stereocenters. The summed E-state index contributed by atoms with van der Waals surface area (Å²) < 4.78 is 0. The molecule has 0 aliphatic carbocycles. The SMILES string of the molecule is O=C1NC(=O)C(CCCc2ccccc2)(C2CCN(Cc3nc(-c4ccccc4)cs3)CC2)N1. The molecule has 176 valence electrons. The topological polar surface area (TPSA) is 74.3 Å². The van der Waals surface area contributed by atoms with E-state index in [1.165, 1.54) is 5.56 Å². The summed E-state index contributed by atoms with van der Waals surface area (Å²) in [4.78, 5) is 32.3. The van der Waals surface area contributed by atoms with Gasteiger partial charge in [0.1, 0.15) is 10.5 Å². The van der Waals surface area contributed by atoms with Crippen LogP contribution < -0.4 is 10.6 Å². The van der Waals surface area contributed by atoms with E-state index in [1.807, 2.05) is 36.4 Å². The van der Waals surface area contributed by atoms with Crippen LogP contribution >= 0.6 is 11.3 Å². The number of urea groups is 1. The number of aryl methyl sites for hydroxylation is 1. The minimum Gasteiger partial charge on any atom is -0.323 e. The number of benzene rings is 2. The van der Waals surface area contributed by atoms with Gasteiger partial charge < -0.3 is 5.32 Å². The number of rotatable bonds is 8. The van der Waals surface area contributed by atoms with E-state index in [4.69, 9.17) is 4.98 Å². The second-order valence-corrected chi connectivity index (χ2v) is 10.2. The molecule has 2 saturated heterocycles. The molecule has 0 radical (unpaired) electrons. The highest BCUT2D eigenvalue weighted by atomic mass is 32.1. The van der Waals surface area contributed by atoms with Crippen molar-refractivity contribution < 1.29 is 9.59 Å². The second kappa shape index (κ2) is 10.1. The summed E-state index contributed by atoms with van der Waals surface area (Å²) in [7, 11) is 0. The second-order valence-electron chi connectivity index (χ2n) is 9.26. The normalized spacial score (nSPS) is 21.4. The first-order valence-corrected chi connectivity index (χ1v) is 12.9. The average Bonchev–Trinajstić information content (AvgIpc) is 3.45. The minimum absolute atomic E-state index is 0.141. The standard InChI is InChI=1S/C27H30N4O2S/c32-25-27(30-26(33)29-25,15-7-10-20-8-3-1-4-9-20)22-13-16-31(17-14-22)18-24-28-23(19-34-24)21-11-5-2-6-12-21/h1-6,8-9,11-12,19,22H,7,10,13-18H2,(H2,29,30,32,33). The first-order chi connectivity index (χ1) is 16.6. The van der Waals surface area contributed by atoms with Crippen molar-refractivity contribution in [2.75, 3.05) is 13.1 Å². The van der Waals surface area contributed by atoms with Crippen molar-refractivity contribution >= 4 is 23.3 Å². The van der Waals surface area contributed by atoms with E-state index in [0.29, 0.717) is 6.42 Å². The Bertz CT molecular complexity index is 1130. The van der Waals surface area contributed by atoms with E-state index in [2.05, 4.69) is 45.2 Å². The Labute approximate surface area is 204 Å². The Morgan fingerprint density at radius 3 is 2.38 bits per heavy atom. The molecular weight excluding hydrogens is 444 g/mol. The molecule has 1 unspecified atom stereocenters. The van der Waals surface area contributed by atoms with Gasteiger partial charge in [-0.2, -0.15) is 0 Å². The number of amides is 3. The lowest BCUT2D eigenvalue weighted by Crippen LogP contribution is -2.56. The Morgan fingerprint density at radius 2 is 1.71 bits per heavy atom. The summed E-state index contributed by atoms with van der Waals surface area (Å²) in [6.07, 6.45) is 4.20. The van der Waals surface area contributed by atoms with Gasteiger partial charge in [0.15, 0.2) is 0 Å². The van der Waals surface area contributed by atoms with Gasteiger partial charge in [-0.3, -0.25) is 15.0 Å². The van der Waals surface area contributed by atoms with E-state index in [-0.39, 0.29) is 17.9 Å². The van der Waals surface area contributed by atoms with Gasteiger partial charge in [-0.25, -0.2) is 9.78 Å². The molecule has 2 N–H and O–H groups in total. The molecule has 34 heavy (non-hydrogen) atoms. The number of carbonyl (C=O) groups excluding carboxylic acids is 2. The van der Waals surface area contributed by atoms with Gasteiger partial charge in [0, 0.05) is 10.9 Å². The van der Waals surface area contributed by atoms with Crippen LogP contribution in [0.2, 0.25) is 0 Å². The van der Waals surface area contributed by atoms with Gasteiger partial charge in [0.2, 0.25) is 0 Å². The van der Waals surface area contributed by atoms with Gasteiger partial charge >= 0.3 is 6.03 Å². The van der Waals surface area contributed by atoms with Gasteiger partial charge in [-0.05, 0) is 56.7 Å². The quantitative estimate of drug-likeness (QED) is 0.467. The highest BCUT2D eigenvalue weighted by Gasteiger charge is 2.51. The fourth-order valence-corrected chi connectivity index (χ4v) is 6.13. The lowest BCUT2D eigenvalue weighted by molar-refractivity contribution is -0.127. The largest absolute Gasteiger partial charge is 0.323 e. The maximum absolute atomic E-state index is 12.9. The van der Waals surface area contributed by atoms with Crippen LogP contribution in [0, 0.1) is 5.92 Å². The third-order valence-electron chi connectivity index (χ3n) is 7.11. The smallest absolute Gasteiger partial charge is 0.322 e. The maximum Gasteiger partial charge on any atom is 0.322 e. The summed E-state index contributed by atoms with van der Waals surface area (Å²) in [5, 5.41) is 8.78. The van der Waals surface area contributed by atoms with Crippen LogP contribution in [0.4, 0.5) is 4.79 Å². The number of likely N-dealkylation sites (tertiary alicyclic amines) is 1. The summed E-state index contributed by atoms with van der Waals surface area (Å²) in [5.41, 5.74) is 2.64. The predicted molar refractivity (Wildman–Crippen MR) is 134 cm³/mol. The van der Waals surface area contributed by atoms with Crippen LogP contribution in [0.1, 0.15) is 36.3 Å². The number of hydrogen-bond acceptors (Lipinski definition) is 5. The summed E-state index contributed by atoms with van der Waals surface area (Å²) in [6.45, 7) is 2.62. The van der Waals surface area contributed by atoms with Crippen LogP contribution in [0.15, 0.2) is 66.0 Å². The van der Waals surface area contributed by atoms with Crippen molar-refractivity contribution in [3.05, 3.63) is 76.6 Å². The molecule has 1 aromatic heterocycles. The number of aromatic nitrogens is 1. The summed E-state index contributed by atoms with van der Waals surface area (Å²) in [6, 6.07) is 20.2. The van der Waals surface area contributed by atoms with Gasteiger partial charge in [0.05, 0.1) is 12.2 Å². The van der Waals surface area contributed by atoms with E-state index in [1.54, 1.807) is 11.3 Å². The van der Waals surface area contributed by atoms with Crippen molar-refractivity contribution in [1.29, 1.82) is 0 Å². The molecule has 0 spiro atoms. The predicted octanol–water partition coefficient (Wildman–Crippen LogP) is 4.62. The van der Waals surface area contributed by atoms with Crippen LogP contribution in [0.3, 0.4) is 0 Å². The first-order valence-electron chi connectivity index (χ1n) is 12.0. The van der Waals surface area contributed by atoms with Crippen LogP contribution in [0.25, 0.3) is 11.3 Å². The summed E-state index contributed by atoms with van der Waals surface area (Å²) >= 11 is 1.70. The van der Waals surface area contributed by atoms with Crippen molar-refractivity contribution in [3.8, 4) is 11.3 Å². The van der Waals surface area contributed by atoms with Crippen molar-refractivity contribution in [3.63, 3.8) is 0 Å². The molecule has 2 aliphatic rings. The number of hydrogen-bond donors (Lipinski definition) is 2. The molecule has 6 nitrogen and oxygen atoms in total. The highest BCUT2D eigenvalue weighted by Crippen LogP contribution is 2.35. The summed E-state index contributed by atoms with van der Waals surface area (Å²) in [5.74, 6) is -0.0152. The Kier molecular flexibility index (Phi) is 6.74. The van der Waals surface area contributed by atoms with Crippen molar-refractivity contribution in [2.45, 2.75) is 44.2 Å². The zero-order valence-electron chi connectivity index (χ0n) is 19.2. The molecule has 0 saturated carbocycles. The molecule has 3 aromatic rings. The minimum atomic E-state index is -0.792. The molecule has 2 aromatic carbocycles. The number of piperidine rings is 1. The molecule has 2 aliphatic heterocycles. The lowest BCUT2D eigenvalue weighted by atomic mass is 9.74. The maximum atomic E-state index is 12.9. The number of imide groups is 1. The Hall–Kier alpha value is -3.03. The molecule has 3 heterocycles. The molecule has 3 amide bonds.